The van der Waals surface area contributed by atoms with E-state index in [-0.39, 0.29) is 5.71 Å². The van der Waals surface area contributed by atoms with Gasteiger partial charge in [0.2, 0.25) is 0 Å². The van der Waals surface area contributed by atoms with Crippen LogP contribution in [0.15, 0.2) is 40.9 Å². The highest BCUT2D eigenvalue weighted by atomic mass is 32.2. The Labute approximate surface area is 188 Å². The Kier molecular flexibility index (Phi) is 8.94. The molecule has 1 aromatic heterocycles. The quantitative estimate of drug-likeness (QED) is 0.252. The van der Waals surface area contributed by atoms with Gasteiger partial charge >= 0.3 is 0 Å². The van der Waals surface area contributed by atoms with E-state index >= 15 is 0 Å². The number of halogens is 2. The molecule has 1 aromatic carbocycles. The number of benzene rings is 1. The van der Waals surface area contributed by atoms with Crippen molar-refractivity contribution in [3.63, 3.8) is 0 Å². The summed E-state index contributed by atoms with van der Waals surface area (Å²) in [7, 11) is -1.71. The van der Waals surface area contributed by atoms with Gasteiger partial charge in [-0.25, -0.2) is 8.78 Å². The van der Waals surface area contributed by atoms with Crippen LogP contribution in [0.1, 0.15) is 58.4 Å². The molecule has 0 bridgehead atoms. The lowest BCUT2D eigenvalue weighted by Gasteiger charge is -2.27. The van der Waals surface area contributed by atoms with E-state index in [4.69, 9.17) is 4.43 Å². The summed E-state index contributed by atoms with van der Waals surface area (Å²) in [6.45, 7) is 12.4. The van der Waals surface area contributed by atoms with Gasteiger partial charge in [0.05, 0.1) is 12.3 Å². The van der Waals surface area contributed by atoms with E-state index in [0.717, 1.165) is 35.8 Å². The van der Waals surface area contributed by atoms with Crippen molar-refractivity contribution < 1.29 is 17.8 Å². The largest absolute Gasteiger partial charge is 0.591 e. The second-order valence-electron chi connectivity index (χ2n) is 8.51. The standard InChI is InChI=1S/C23H32F2N2O2SSi/c1-7-31(8-2,9-3)29-16-17-10-13-21(26-15-17)22(27-30(28)23(4,5)6)18-11-12-19(24)20(25)14-18/h10-15H,7-9,16H2,1-6H3/b27-22+. The van der Waals surface area contributed by atoms with E-state index in [1.165, 1.54) is 6.07 Å². The molecule has 0 aliphatic heterocycles. The fourth-order valence-electron chi connectivity index (χ4n) is 3.05. The summed E-state index contributed by atoms with van der Waals surface area (Å²) in [4.78, 5) is 4.47. The predicted molar refractivity (Wildman–Crippen MR) is 126 cm³/mol. The molecule has 31 heavy (non-hydrogen) atoms. The van der Waals surface area contributed by atoms with E-state index in [1.807, 2.05) is 6.07 Å². The summed E-state index contributed by atoms with van der Waals surface area (Å²) < 4.78 is 50.0. The van der Waals surface area contributed by atoms with Gasteiger partial charge in [-0.1, -0.05) is 31.2 Å². The smallest absolute Gasteiger partial charge is 0.192 e. The fraction of sp³-hybridized carbons (Fsp3) is 0.478. The van der Waals surface area contributed by atoms with E-state index < -0.39 is 36.1 Å². The summed E-state index contributed by atoms with van der Waals surface area (Å²) in [6, 6.07) is 10.3. The summed E-state index contributed by atoms with van der Waals surface area (Å²) in [5.41, 5.74) is 1.95. The van der Waals surface area contributed by atoms with Crippen LogP contribution in [0.2, 0.25) is 18.1 Å². The average molecular weight is 467 g/mol. The second kappa shape index (κ2) is 10.8. The minimum absolute atomic E-state index is 0.263. The van der Waals surface area contributed by atoms with Crippen LogP contribution < -0.4 is 0 Å². The Morgan fingerprint density at radius 1 is 1.06 bits per heavy atom. The topological polar surface area (TPSA) is 57.5 Å². The van der Waals surface area contributed by atoms with E-state index in [2.05, 4.69) is 30.2 Å². The maximum Gasteiger partial charge on any atom is 0.192 e. The Morgan fingerprint density at radius 3 is 2.19 bits per heavy atom. The van der Waals surface area contributed by atoms with Gasteiger partial charge in [-0.05, 0) is 68.7 Å². The molecule has 1 atom stereocenters. The number of rotatable bonds is 9. The minimum atomic E-state index is -1.71. The normalized spacial score (nSPS) is 14.0. The molecular weight excluding hydrogens is 434 g/mol. The molecule has 1 heterocycles. The predicted octanol–water partition coefficient (Wildman–Crippen LogP) is 6.18. The summed E-state index contributed by atoms with van der Waals surface area (Å²) in [5.74, 6) is -1.94. The highest BCUT2D eigenvalue weighted by molar-refractivity contribution is 7.91. The fourth-order valence-corrected chi connectivity index (χ4v) is 6.28. The van der Waals surface area contributed by atoms with Crippen molar-refractivity contribution in [2.45, 2.75) is 71.0 Å². The Balaban J connectivity index is 2.36. The van der Waals surface area contributed by atoms with Crippen LogP contribution in [0.25, 0.3) is 0 Å². The maximum atomic E-state index is 13.9. The first-order chi connectivity index (χ1) is 14.5. The monoisotopic (exact) mass is 466 g/mol. The molecule has 2 rings (SSSR count). The summed E-state index contributed by atoms with van der Waals surface area (Å²) in [6.07, 6.45) is 1.70. The molecule has 0 spiro atoms. The molecule has 2 aromatic rings. The molecule has 0 amide bonds. The highest BCUT2D eigenvalue weighted by Crippen LogP contribution is 2.24. The van der Waals surface area contributed by atoms with Crippen LogP contribution >= 0.6 is 0 Å². The number of hydrogen-bond donors (Lipinski definition) is 0. The van der Waals surface area contributed by atoms with Crippen molar-refractivity contribution in [1.29, 1.82) is 0 Å². The van der Waals surface area contributed by atoms with Crippen LogP contribution in [0.3, 0.4) is 0 Å². The Bertz CT molecular complexity index is 889. The molecule has 0 aliphatic rings. The van der Waals surface area contributed by atoms with Gasteiger partial charge in [0.15, 0.2) is 20.0 Å². The van der Waals surface area contributed by atoms with Crippen molar-refractivity contribution >= 4 is 25.4 Å². The van der Waals surface area contributed by atoms with Gasteiger partial charge in [-0.15, -0.1) is 0 Å². The lowest BCUT2D eigenvalue weighted by Crippen LogP contribution is -2.35. The Morgan fingerprint density at radius 2 is 1.71 bits per heavy atom. The molecule has 0 N–H and O–H groups in total. The average Bonchev–Trinajstić information content (AvgIpc) is 2.75. The van der Waals surface area contributed by atoms with Gasteiger partial charge < -0.3 is 8.98 Å². The zero-order valence-corrected chi connectivity index (χ0v) is 21.0. The molecule has 0 fully saturated rings. The first-order valence-corrected chi connectivity index (χ1v) is 14.2. The molecular formula is C23H32F2N2O2SSi. The van der Waals surface area contributed by atoms with Crippen molar-refractivity contribution in [1.82, 2.24) is 4.98 Å². The SMILES string of the molecule is CC[Si](CC)(CC)OCc1ccc(/C(=N/[S+]([O-])C(C)(C)C)c2ccc(F)c(F)c2)nc1. The third-order valence-corrected chi connectivity index (χ3v) is 11.5. The molecule has 4 nitrogen and oxygen atoms in total. The zero-order chi connectivity index (χ0) is 23.2. The van der Waals surface area contributed by atoms with Crippen LogP contribution in [0.5, 0.6) is 0 Å². The lowest BCUT2D eigenvalue weighted by molar-refractivity contribution is 0.287. The number of nitrogens with zero attached hydrogens (tertiary/aromatic N) is 2. The molecule has 8 heteroatoms. The van der Waals surface area contributed by atoms with Gasteiger partial charge in [0.25, 0.3) is 0 Å². The third kappa shape index (κ3) is 6.68. The van der Waals surface area contributed by atoms with Crippen LogP contribution in [0.4, 0.5) is 8.78 Å². The number of pyridine rings is 1. The number of hydrogen-bond acceptors (Lipinski definition) is 4. The molecule has 170 valence electrons. The zero-order valence-electron chi connectivity index (χ0n) is 19.2. The van der Waals surface area contributed by atoms with Crippen molar-refractivity contribution in [2.75, 3.05) is 0 Å². The molecule has 0 radical (unpaired) electrons. The van der Waals surface area contributed by atoms with Gasteiger partial charge in [-0.2, -0.15) is 0 Å². The Hall–Kier alpha value is -1.61. The highest BCUT2D eigenvalue weighted by Gasteiger charge is 2.29. The molecule has 1 unspecified atom stereocenters. The van der Waals surface area contributed by atoms with Crippen LogP contribution in [0, 0.1) is 11.6 Å². The van der Waals surface area contributed by atoms with Crippen molar-refractivity contribution in [3.05, 3.63) is 65.0 Å². The van der Waals surface area contributed by atoms with E-state index in [0.29, 0.717) is 17.9 Å². The molecule has 0 saturated carbocycles. The lowest BCUT2D eigenvalue weighted by atomic mass is 10.1. The first kappa shape index (κ1) is 25.6. The van der Waals surface area contributed by atoms with E-state index in [9.17, 15) is 13.3 Å². The van der Waals surface area contributed by atoms with Crippen LogP contribution in [-0.4, -0.2) is 28.3 Å². The second-order valence-corrected chi connectivity index (χ2v) is 15.2. The van der Waals surface area contributed by atoms with Gasteiger partial charge in [0, 0.05) is 11.8 Å². The summed E-state index contributed by atoms with van der Waals surface area (Å²) >= 11 is -1.59. The third-order valence-electron chi connectivity index (χ3n) is 5.44. The number of aromatic nitrogens is 1. The van der Waals surface area contributed by atoms with Crippen molar-refractivity contribution in [3.8, 4) is 0 Å². The van der Waals surface area contributed by atoms with E-state index in [1.54, 1.807) is 33.0 Å². The van der Waals surface area contributed by atoms with Gasteiger partial charge in [-0.3, -0.25) is 4.98 Å². The first-order valence-electron chi connectivity index (χ1n) is 10.6. The minimum Gasteiger partial charge on any atom is -0.591 e. The van der Waals surface area contributed by atoms with Gasteiger partial charge in [0.1, 0.15) is 21.8 Å². The maximum absolute atomic E-state index is 13.9. The summed E-state index contributed by atoms with van der Waals surface area (Å²) in [5, 5.41) is 0. The van der Waals surface area contributed by atoms with Crippen LogP contribution in [-0.2, 0) is 22.4 Å². The molecule has 0 aliphatic carbocycles. The molecule has 0 saturated heterocycles. The van der Waals surface area contributed by atoms with Crippen molar-refractivity contribution in [2.24, 2.45) is 4.40 Å².